The molecule has 0 saturated carbocycles. The molecule has 1 unspecified atom stereocenters. The lowest BCUT2D eigenvalue weighted by Crippen LogP contribution is -2.13. The van der Waals surface area contributed by atoms with Crippen LogP contribution in [0, 0.1) is 0 Å². The Morgan fingerprint density at radius 3 is 2.62 bits per heavy atom. The number of halogens is 1. The Morgan fingerprint density at radius 2 is 1.88 bits per heavy atom. The number of carbonyl (C=O) groups is 1. The Labute approximate surface area is 100 Å². The smallest absolute Gasteiger partial charge is 0.181 e. The summed E-state index contributed by atoms with van der Waals surface area (Å²) in [5.74, 6) is 0.0148. The summed E-state index contributed by atoms with van der Waals surface area (Å²) in [5.41, 5.74) is 0.722. The lowest BCUT2D eigenvalue weighted by atomic mass is 9.99. The van der Waals surface area contributed by atoms with Crippen molar-refractivity contribution in [3.8, 4) is 0 Å². The molecule has 2 aromatic carbocycles. The van der Waals surface area contributed by atoms with Crippen molar-refractivity contribution >= 4 is 28.2 Å². The lowest BCUT2D eigenvalue weighted by molar-refractivity contribution is 0.0987. The van der Waals surface area contributed by atoms with Crippen LogP contribution >= 0.6 is 11.6 Å². The van der Waals surface area contributed by atoms with Crippen molar-refractivity contribution in [2.75, 3.05) is 0 Å². The highest BCUT2D eigenvalue weighted by Gasteiger charge is 2.17. The standard InChI is InChI=1S/C14H13ClO/c1-2-13(15)14(16)12-9-5-7-10-6-3-4-8-11(10)12/h3-9,13H,2H2,1H3. The monoisotopic (exact) mass is 232 g/mol. The molecule has 0 amide bonds. The summed E-state index contributed by atoms with van der Waals surface area (Å²) in [5, 5.41) is 1.63. The van der Waals surface area contributed by atoms with Crippen LogP contribution in [-0.4, -0.2) is 11.2 Å². The minimum atomic E-state index is -0.425. The molecule has 2 aromatic rings. The average molecular weight is 233 g/mol. The van der Waals surface area contributed by atoms with Gasteiger partial charge in [0, 0.05) is 5.56 Å². The normalized spacial score (nSPS) is 12.6. The third-order valence-corrected chi connectivity index (χ3v) is 3.20. The minimum absolute atomic E-state index is 0.0148. The molecular formula is C14H13ClO. The zero-order valence-electron chi connectivity index (χ0n) is 9.11. The molecule has 82 valence electrons. The zero-order chi connectivity index (χ0) is 11.5. The largest absolute Gasteiger partial charge is 0.292 e. The van der Waals surface area contributed by atoms with Gasteiger partial charge in [0.25, 0.3) is 0 Å². The van der Waals surface area contributed by atoms with Crippen LogP contribution in [0.3, 0.4) is 0 Å². The van der Waals surface area contributed by atoms with Crippen LogP contribution in [0.1, 0.15) is 23.7 Å². The first-order valence-electron chi connectivity index (χ1n) is 5.40. The maximum Gasteiger partial charge on any atom is 0.181 e. The van der Waals surface area contributed by atoms with Gasteiger partial charge in [-0.2, -0.15) is 0 Å². The first-order valence-corrected chi connectivity index (χ1v) is 5.83. The fourth-order valence-electron chi connectivity index (χ4n) is 1.79. The Hall–Kier alpha value is -1.34. The van der Waals surface area contributed by atoms with Crippen LogP contribution in [0.4, 0.5) is 0 Å². The van der Waals surface area contributed by atoms with Crippen LogP contribution in [-0.2, 0) is 0 Å². The number of benzene rings is 2. The van der Waals surface area contributed by atoms with Gasteiger partial charge in [0.1, 0.15) is 0 Å². The first kappa shape index (κ1) is 11.2. The minimum Gasteiger partial charge on any atom is -0.292 e. The lowest BCUT2D eigenvalue weighted by Gasteiger charge is -2.08. The highest BCUT2D eigenvalue weighted by molar-refractivity contribution is 6.35. The van der Waals surface area contributed by atoms with E-state index >= 15 is 0 Å². The van der Waals surface area contributed by atoms with Crippen molar-refractivity contribution in [2.45, 2.75) is 18.7 Å². The van der Waals surface area contributed by atoms with Crippen molar-refractivity contribution in [2.24, 2.45) is 0 Å². The molecule has 2 heteroatoms. The number of rotatable bonds is 3. The van der Waals surface area contributed by atoms with Gasteiger partial charge in [0.05, 0.1) is 5.38 Å². The summed E-state index contributed by atoms with van der Waals surface area (Å²) >= 11 is 6.00. The fraction of sp³-hybridized carbons (Fsp3) is 0.214. The summed E-state index contributed by atoms with van der Waals surface area (Å²) in [6.07, 6.45) is 0.656. The molecule has 1 atom stereocenters. The topological polar surface area (TPSA) is 17.1 Å². The molecule has 0 aliphatic carbocycles. The SMILES string of the molecule is CCC(Cl)C(=O)c1cccc2ccccc12. The van der Waals surface area contributed by atoms with Gasteiger partial charge in [0.15, 0.2) is 5.78 Å². The maximum atomic E-state index is 12.1. The van der Waals surface area contributed by atoms with Crippen LogP contribution in [0.2, 0.25) is 0 Å². The Balaban J connectivity index is 2.56. The molecule has 1 nitrogen and oxygen atoms in total. The van der Waals surface area contributed by atoms with E-state index in [1.165, 1.54) is 0 Å². The van der Waals surface area contributed by atoms with Gasteiger partial charge in [-0.05, 0) is 17.2 Å². The predicted molar refractivity (Wildman–Crippen MR) is 68.2 cm³/mol. The molecular weight excluding hydrogens is 220 g/mol. The second-order valence-electron chi connectivity index (χ2n) is 3.77. The van der Waals surface area contributed by atoms with E-state index in [-0.39, 0.29) is 5.78 Å². The number of hydrogen-bond acceptors (Lipinski definition) is 1. The van der Waals surface area contributed by atoms with Crippen molar-refractivity contribution < 1.29 is 4.79 Å². The molecule has 0 heterocycles. The molecule has 0 aliphatic rings. The molecule has 0 spiro atoms. The molecule has 0 aromatic heterocycles. The van der Waals surface area contributed by atoms with Gasteiger partial charge in [-0.1, -0.05) is 49.4 Å². The van der Waals surface area contributed by atoms with E-state index in [2.05, 4.69) is 0 Å². The fourth-order valence-corrected chi connectivity index (χ4v) is 1.91. The molecule has 0 saturated heterocycles. The predicted octanol–water partition coefficient (Wildman–Crippen LogP) is 4.04. The number of hydrogen-bond donors (Lipinski definition) is 0. The van der Waals surface area contributed by atoms with Crippen molar-refractivity contribution in [3.05, 3.63) is 48.0 Å². The van der Waals surface area contributed by atoms with Gasteiger partial charge >= 0.3 is 0 Å². The molecule has 0 N–H and O–H groups in total. The number of ketones is 1. The highest BCUT2D eigenvalue weighted by Crippen LogP contribution is 2.21. The van der Waals surface area contributed by atoms with Crippen molar-refractivity contribution in [1.82, 2.24) is 0 Å². The third kappa shape index (κ3) is 1.96. The van der Waals surface area contributed by atoms with E-state index in [4.69, 9.17) is 11.6 Å². The van der Waals surface area contributed by atoms with Gasteiger partial charge in [0.2, 0.25) is 0 Å². The van der Waals surface area contributed by atoms with Crippen molar-refractivity contribution in [1.29, 1.82) is 0 Å². The summed E-state index contributed by atoms with van der Waals surface area (Å²) in [4.78, 5) is 12.1. The second-order valence-corrected chi connectivity index (χ2v) is 4.29. The van der Waals surface area contributed by atoms with Crippen LogP contribution in [0.15, 0.2) is 42.5 Å². The summed E-state index contributed by atoms with van der Waals surface area (Å²) in [6, 6.07) is 13.6. The van der Waals surface area contributed by atoms with E-state index < -0.39 is 5.38 Å². The third-order valence-electron chi connectivity index (χ3n) is 2.70. The number of carbonyl (C=O) groups excluding carboxylic acids is 1. The highest BCUT2D eigenvalue weighted by atomic mass is 35.5. The van der Waals surface area contributed by atoms with Gasteiger partial charge < -0.3 is 0 Å². The van der Waals surface area contributed by atoms with Crippen LogP contribution in [0.25, 0.3) is 10.8 Å². The Morgan fingerprint density at radius 1 is 1.19 bits per heavy atom. The Bertz CT molecular complexity index is 514. The van der Waals surface area contributed by atoms with E-state index in [0.717, 1.165) is 16.3 Å². The van der Waals surface area contributed by atoms with E-state index in [9.17, 15) is 4.79 Å². The summed E-state index contributed by atoms with van der Waals surface area (Å²) < 4.78 is 0. The van der Waals surface area contributed by atoms with E-state index in [1.54, 1.807) is 0 Å². The van der Waals surface area contributed by atoms with E-state index in [1.807, 2.05) is 49.4 Å². The zero-order valence-corrected chi connectivity index (χ0v) is 9.87. The molecule has 0 fully saturated rings. The molecule has 2 rings (SSSR count). The van der Waals surface area contributed by atoms with Crippen LogP contribution < -0.4 is 0 Å². The average Bonchev–Trinajstić information content (AvgIpc) is 2.36. The summed E-state index contributed by atoms with van der Waals surface area (Å²) in [7, 11) is 0. The van der Waals surface area contributed by atoms with E-state index in [0.29, 0.717) is 6.42 Å². The van der Waals surface area contributed by atoms with Crippen LogP contribution in [0.5, 0.6) is 0 Å². The molecule has 0 aliphatic heterocycles. The number of alkyl halides is 1. The second kappa shape index (κ2) is 4.67. The molecule has 0 radical (unpaired) electrons. The van der Waals surface area contributed by atoms with Gasteiger partial charge in [-0.3, -0.25) is 4.79 Å². The Kier molecular flexibility index (Phi) is 3.25. The number of fused-ring (bicyclic) bond motifs is 1. The van der Waals surface area contributed by atoms with Gasteiger partial charge in [-0.15, -0.1) is 11.6 Å². The number of Topliss-reactive ketones (excluding diaryl/α,β-unsaturated/α-hetero) is 1. The first-order chi connectivity index (χ1) is 7.74. The van der Waals surface area contributed by atoms with Crippen molar-refractivity contribution in [3.63, 3.8) is 0 Å². The quantitative estimate of drug-likeness (QED) is 0.577. The van der Waals surface area contributed by atoms with Gasteiger partial charge in [-0.25, -0.2) is 0 Å². The summed E-state index contributed by atoms with van der Waals surface area (Å²) in [6.45, 7) is 1.92. The molecule has 16 heavy (non-hydrogen) atoms. The molecule has 0 bridgehead atoms. The maximum absolute atomic E-state index is 12.1.